The molecule has 1 aliphatic rings. The molecule has 0 saturated carbocycles. The van der Waals surface area contributed by atoms with Crippen LogP contribution in [0.25, 0.3) is 0 Å². The lowest BCUT2D eigenvalue weighted by molar-refractivity contribution is -0.0771. The van der Waals surface area contributed by atoms with Crippen molar-refractivity contribution in [2.75, 3.05) is 12.4 Å². The first-order valence-corrected chi connectivity index (χ1v) is 9.11. The molecular weight excluding hydrogens is 368 g/mol. The molecule has 0 saturated heterocycles. The van der Waals surface area contributed by atoms with Crippen LogP contribution < -0.4 is 4.74 Å². The Labute approximate surface area is 151 Å². The molecule has 1 aliphatic heterocycles. The summed E-state index contributed by atoms with van der Waals surface area (Å²) in [6.45, 7) is 0.523. The molecule has 1 heterocycles. The summed E-state index contributed by atoms with van der Waals surface area (Å²) in [6, 6.07) is 18.2. The summed E-state index contributed by atoms with van der Waals surface area (Å²) in [7, 11) is 1.67. The van der Waals surface area contributed by atoms with Gasteiger partial charge in [-0.15, -0.1) is 0 Å². The van der Waals surface area contributed by atoms with Crippen LogP contribution in [-0.2, 0) is 16.1 Å². The lowest BCUT2D eigenvalue weighted by Gasteiger charge is -2.31. The highest BCUT2D eigenvalue weighted by Crippen LogP contribution is 2.28. The molecule has 0 bridgehead atoms. The predicted molar refractivity (Wildman–Crippen MR) is 98.6 cm³/mol. The van der Waals surface area contributed by atoms with Crippen molar-refractivity contribution >= 4 is 15.9 Å². The van der Waals surface area contributed by atoms with Crippen LogP contribution in [0.5, 0.6) is 5.75 Å². The summed E-state index contributed by atoms with van der Waals surface area (Å²) >= 11 is 3.54. The number of benzene rings is 2. The molecule has 0 unspecified atom stereocenters. The Hall–Kier alpha value is -1.62. The van der Waals surface area contributed by atoms with Crippen molar-refractivity contribution < 1.29 is 14.2 Å². The number of hydrogen-bond acceptors (Lipinski definition) is 3. The van der Waals surface area contributed by atoms with Gasteiger partial charge in [0.2, 0.25) is 0 Å². The first-order valence-electron chi connectivity index (χ1n) is 7.99. The van der Waals surface area contributed by atoms with Crippen molar-refractivity contribution in [1.29, 1.82) is 0 Å². The highest BCUT2D eigenvalue weighted by molar-refractivity contribution is 9.09. The standard InChI is InChI=1S/C20H21BrO3/c1-22-17-9-5-6-15(12-17)14-23-19-11-10-18(24-20(19)13-21)16-7-3-2-4-8-16/h2-12,18-20H,13-14H2,1H3/t18-,19-,20+/m0/s1. The average molecular weight is 389 g/mol. The third-order valence-corrected chi connectivity index (χ3v) is 4.66. The molecule has 4 heteroatoms. The van der Waals surface area contributed by atoms with E-state index in [-0.39, 0.29) is 18.3 Å². The zero-order valence-electron chi connectivity index (χ0n) is 13.6. The van der Waals surface area contributed by atoms with E-state index in [0.29, 0.717) is 6.61 Å². The number of alkyl halides is 1. The van der Waals surface area contributed by atoms with Crippen LogP contribution in [-0.4, -0.2) is 24.6 Å². The lowest BCUT2D eigenvalue weighted by Crippen LogP contribution is -2.35. The second-order valence-electron chi connectivity index (χ2n) is 5.67. The molecule has 0 spiro atoms. The largest absolute Gasteiger partial charge is 0.497 e. The van der Waals surface area contributed by atoms with E-state index in [1.807, 2.05) is 42.5 Å². The Morgan fingerprint density at radius 1 is 1.04 bits per heavy atom. The molecule has 0 radical (unpaired) electrons. The summed E-state index contributed by atoms with van der Waals surface area (Å²) < 4.78 is 17.5. The summed E-state index contributed by atoms with van der Waals surface area (Å²) in [5.41, 5.74) is 2.24. The average Bonchev–Trinajstić information content (AvgIpc) is 2.67. The quantitative estimate of drug-likeness (QED) is 0.531. The van der Waals surface area contributed by atoms with Gasteiger partial charge in [-0.05, 0) is 23.3 Å². The number of ether oxygens (including phenoxy) is 3. The van der Waals surface area contributed by atoms with Gasteiger partial charge in [-0.3, -0.25) is 0 Å². The molecule has 2 aromatic carbocycles. The summed E-state index contributed by atoms with van der Waals surface area (Å²) in [4.78, 5) is 0. The second-order valence-corrected chi connectivity index (χ2v) is 6.32. The normalized spacial score (nSPS) is 23.2. The van der Waals surface area contributed by atoms with Gasteiger partial charge in [-0.25, -0.2) is 0 Å². The van der Waals surface area contributed by atoms with Crippen LogP contribution in [0.15, 0.2) is 66.7 Å². The van der Waals surface area contributed by atoms with Crippen molar-refractivity contribution in [3.05, 3.63) is 77.9 Å². The summed E-state index contributed by atoms with van der Waals surface area (Å²) in [6.07, 6.45) is 4.06. The zero-order valence-corrected chi connectivity index (χ0v) is 15.2. The molecule has 3 rings (SSSR count). The number of methoxy groups -OCH3 is 1. The molecule has 0 amide bonds. The van der Waals surface area contributed by atoms with Gasteiger partial charge in [0, 0.05) is 5.33 Å². The van der Waals surface area contributed by atoms with E-state index in [2.05, 4.69) is 40.2 Å². The van der Waals surface area contributed by atoms with E-state index in [1.54, 1.807) is 7.11 Å². The summed E-state index contributed by atoms with van der Waals surface area (Å²) in [5.74, 6) is 0.840. The highest BCUT2D eigenvalue weighted by Gasteiger charge is 2.27. The van der Waals surface area contributed by atoms with Crippen molar-refractivity contribution in [3.8, 4) is 5.75 Å². The fraction of sp³-hybridized carbons (Fsp3) is 0.300. The maximum Gasteiger partial charge on any atom is 0.119 e. The molecule has 0 fully saturated rings. The van der Waals surface area contributed by atoms with E-state index < -0.39 is 0 Å². The van der Waals surface area contributed by atoms with Crippen molar-refractivity contribution in [2.24, 2.45) is 0 Å². The Morgan fingerprint density at radius 3 is 2.62 bits per heavy atom. The van der Waals surface area contributed by atoms with E-state index in [1.165, 1.54) is 0 Å². The minimum absolute atomic E-state index is 0.0224. The van der Waals surface area contributed by atoms with Gasteiger partial charge in [0.25, 0.3) is 0 Å². The van der Waals surface area contributed by atoms with Crippen LogP contribution in [0.3, 0.4) is 0 Å². The van der Waals surface area contributed by atoms with Crippen molar-refractivity contribution in [1.82, 2.24) is 0 Å². The fourth-order valence-electron chi connectivity index (χ4n) is 2.72. The Morgan fingerprint density at radius 2 is 1.88 bits per heavy atom. The third-order valence-electron chi connectivity index (χ3n) is 4.02. The van der Waals surface area contributed by atoms with Gasteiger partial charge >= 0.3 is 0 Å². The zero-order chi connectivity index (χ0) is 16.8. The molecule has 0 N–H and O–H groups in total. The van der Waals surface area contributed by atoms with Crippen LogP contribution in [0, 0.1) is 0 Å². The first-order chi connectivity index (χ1) is 11.8. The minimum atomic E-state index is -0.0736. The fourth-order valence-corrected chi connectivity index (χ4v) is 3.24. The van der Waals surface area contributed by atoms with E-state index in [4.69, 9.17) is 14.2 Å². The summed E-state index contributed by atoms with van der Waals surface area (Å²) in [5, 5.41) is 0.726. The third kappa shape index (κ3) is 4.26. The first kappa shape index (κ1) is 17.2. The SMILES string of the molecule is COc1cccc(CO[C@H]2C=C[C@@H](c3ccccc3)O[C@@H]2CBr)c1. The second kappa shape index (κ2) is 8.47. The Balaban J connectivity index is 1.65. The van der Waals surface area contributed by atoms with Gasteiger partial charge in [-0.2, -0.15) is 0 Å². The Bertz CT molecular complexity index is 672. The highest BCUT2D eigenvalue weighted by atomic mass is 79.9. The number of hydrogen-bond donors (Lipinski definition) is 0. The molecule has 126 valence electrons. The van der Waals surface area contributed by atoms with E-state index in [0.717, 1.165) is 22.2 Å². The molecule has 0 aromatic heterocycles. The molecule has 0 aliphatic carbocycles. The Kier molecular flexibility index (Phi) is 6.07. The van der Waals surface area contributed by atoms with Crippen LogP contribution >= 0.6 is 15.9 Å². The molecule has 3 atom stereocenters. The van der Waals surface area contributed by atoms with Crippen LogP contribution in [0.2, 0.25) is 0 Å². The van der Waals surface area contributed by atoms with Crippen molar-refractivity contribution in [3.63, 3.8) is 0 Å². The number of rotatable bonds is 6. The number of halogens is 1. The predicted octanol–water partition coefficient (Wildman–Crippen LogP) is 4.67. The van der Waals surface area contributed by atoms with Gasteiger partial charge in [0.1, 0.15) is 18.0 Å². The molecule has 2 aromatic rings. The minimum Gasteiger partial charge on any atom is -0.497 e. The van der Waals surface area contributed by atoms with Gasteiger partial charge in [0.15, 0.2) is 0 Å². The lowest BCUT2D eigenvalue weighted by atomic mass is 10.0. The maximum absolute atomic E-state index is 6.18. The molecule has 24 heavy (non-hydrogen) atoms. The van der Waals surface area contributed by atoms with Crippen molar-refractivity contribution in [2.45, 2.75) is 24.9 Å². The molecular formula is C20H21BrO3. The topological polar surface area (TPSA) is 27.7 Å². The monoisotopic (exact) mass is 388 g/mol. The molecule has 3 nitrogen and oxygen atoms in total. The van der Waals surface area contributed by atoms with E-state index in [9.17, 15) is 0 Å². The van der Waals surface area contributed by atoms with Crippen LogP contribution in [0.1, 0.15) is 17.2 Å². The maximum atomic E-state index is 6.18. The van der Waals surface area contributed by atoms with Gasteiger partial charge in [0.05, 0.1) is 19.8 Å². The van der Waals surface area contributed by atoms with Gasteiger partial charge in [-0.1, -0.05) is 70.5 Å². The van der Waals surface area contributed by atoms with Gasteiger partial charge < -0.3 is 14.2 Å². The van der Waals surface area contributed by atoms with E-state index >= 15 is 0 Å². The smallest absolute Gasteiger partial charge is 0.119 e. The van der Waals surface area contributed by atoms with Crippen LogP contribution in [0.4, 0.5) is 0 Å².